The minimum absolute atomic E-state index is 0.713. The van der Waals surface area contributed by atoms with Gasteiger partial charge in [-0.05, 0) is 51.0 Å². The summed E-state index contributed by atoms with van der Waals surface area (Å²) in [5.74, 6) is 1.68. The van der Waals surface area contributed by atoms with E-state index >= 15 is 0 Å². The molecule has 15 heavy (non-hydrogen) atoms. The molecule has 0 aliphatic heterocycles. The van der Waals surface area contributed by atoms with E-state index in [1.165, 1.54) is 44.9 Å². The van der Waals surface area contributed by atoms with Gasteiger partial charge < -0.3 is 11.1 Å². The van der Waals surface area contributed by atoms with Gasteiger partial charge in [-0.2, -0.15) is 0 Å². The van der Waals surface area contributed by atoms with E-state index in [4.69, 9.17) is 5.73 Å². The Morgan fingerprint density at radius 2 is 1.87 bits per heavy atom. The van der Waals surface area contributed by atoms with Gasteiger partial charge in [0, 0.05) is 12.1 Å². The molecule has 0 spiro atoms. The summed E-state index contributed by atoms with van der Waals surface area (Å²) in [4.78, 5) is 0. The average molecular weight is 210 g/mol. The van der Waals surface area contributed by atoms with Crippen LogP contribution in [0.2, 0.25) is 0 Å². The summed E-state index contributed by atoms with van der Waals surface area (Å²) in [6.45, 7) is 3.25. The average Bonchev–Trinajstić information content (AvgIpc) is 2.87. The first-order chi connectivity index (χ1) is 7.31. The van der Waals surface area contributed by atoms with Gasteiger partial charge in [0.25, 0.3) is 0 Å². The van der Waals surface area contributed by atoms with Crippen molar-refractivity contribution in [2.45, 2.75) is 64.0 Å². The Morgan fingerprint density at radius 3 is 2.53 bits per heavy atom. The van der Waals surface area contributed by atoms with Crippen molar-refractivity contribution in [3.05, 3.63) is 0 Å². The molecule has 2 nitrogen and oxygen atoms in total. The number of hydrogen-bond acceptors (Lipinski definition) is 2. The van der Waals surface area contributed by atoms with Crippen molar-refractivity contribution in [3.63, 3.8) is 0 Å². The van der Waals surface area contributed by atoms with Gasteiger partial charge in [0.1, 0.15) is 0 Å². The highest BCUT2D eigenvalue weighted by Gasteiger charge is 2.29. The Balaban J connectivity index is 1.79. The van der Waals surface area contributed by atoms with E-state index < -0.39 is 0 Å². The third-order valence-corrected chi connectivity index (χ3v) is 4.55. The first-order valence-electron chi connectivity index (χ1n) is 6.77. The molecule has 88 valence electrons. The molecule has 0 radical (unpaired) electrons. The molecule has 0 heterocycles. The topological polar surface area (TPSA) is 38.0 Å². The van der Waals surface area contributed by atoms with Crippen molar-refractivity contribution in [1.29, 1.82) is 0 Å². The van der Waals surface area contributed by atoms with E-state index in [-0.39, 0.29) is 0 Å². The van der Waals surface area contributed by atoms with Gasteiger partial charge in [0.2, 0.25) is 0 Å². The van der Waals surface area contributed by atoms with Crippen LogP contribution in [0, 0.1) is 11.8 Å². The van der Waals surface area contributed by atoms with Crippen LogP contribution < -0.4 is 11.1 Å². The summed E-state index contributed by atoms with van der Waals surface area (Å²) in [5, 5.41) is 3.84. The fraction of sp³-hybridized carbons (Fsp3) is 1.00. The zero-order valence-electron chi connectivity index (χ0n) is 10.0. The summed E-state index contributed by atoms with van der Waals surface area (Å²) >= 11 is 0. The van der Waals surface area contributed by atoms with Crippen molar-refractivity contribution < 1.29 is 0 Å². The zero-order chi connectivity index (χ0) is 10.7. The predicted octanol–water partition coefficient (Wildman–Crippen LogP) is 2.28. The Morgan fingerprint density at radius 1 is 1.13 bits per heavy atom. The summed E-state index contributed by atoms with van der Waals surface area (Å²) in [7, 11) is 0. The van der Waals surface area contributed by atoms with E-state index in [9.17, 15) is 0 Å². The lowest BCUT2D eigenvalue weighted by atomic mass is 9.96. The van der Waals surface area contributed by atoms with E-state index in [0.717, 1.165) is 18.4 Å². The lowest BCUT2D eigenvalue weighted by Crippen LogP contribution is -2.43. The van der Waals surface area contributed by atoms with Gasteiger partial charge in [-0.25, -0.2) is 0 Å². The van der Waals surface area contributed by atoms with Crippen LogP contribution in [-0.4, -0.2) is 18.6 Å². The van der Waals surface area contributed by atoms with Crippen LogP contribution in [0.1, 0.15) is 51.9 Å². The Labute approximate surface area is 94.0 Å². The second-order valence-corrected chi connectivity index (χ2v) is 5.53. The highest BCUT2D eigenvalue weighted by atomic mass is 15.0. The van der Waals surface area contributed by atoms with Crippen molar-refractivity contribution in [2.75, 3.05) is 6.54 Å². The molecule has 2 fully saturated rings. The number of hydrogen-bond donors (Lipinski definition) is 2. The van der Waals surface area contributed by atoms with Gasteiger partial charge in [-0.15, -0.1) is 0 Å². The molecule has 3 N–H and O–H groups in total. The molecule has 0 bridgehead atoms. The van der Waals surface area contributed by atoms with Crippen LogP contribution in [0.5, 0.6) is 0 Å². The molecule has 0 aromatic heterocycles. The third-order valence-electron chi connectivity index (χ3n) is 4.55. The lowest BCUT2D eigenvalue weighted by Gasteiger charge is -2.27. The summed E-state index contributed by atoms with van der Waals surface area (Å²) in [5.41, 5.74) is 5.81. The Bertz CT molecular complexity index is 187. The molecule has 3 unspecified atom stereocenters. The van der Waals surface area contributed by atoms with Crippen molar-refractivity contribution in [1.82, 2.24) is 5.32 Å². The molecule has 0 saturated heterocycles. The van der Waals surface area contributed by atoms with Crippen LogP contribution >= 0.6 is 0 Å². The molecule has 0 aromatic carbocycles. The van der Waals surface area contributed by atoms with Crippen LogP contribution in [0.3, 0.4) is 0 Å². The van der Waals surface area contributed by atoms with Crippen molar-refractivity contribution >= 4 is 0 Å². The molecule has 2 rings (SSSR count). The van der Waals surface area contributed by atoms with E-state index in [1.807, 2.05) is 0 Å². The molecular weight excluding hydrogens is 184 g/mol. The van der Waals surface area contributed by atoms with Gasteiger partial charge in [-0.3, -0.25) is 0 Å². The maximum Gasteiger partial charge on any atom is 0.0110 e. The van der Waals surface area contributed by atoms with Crippen LogP contribution in [0.4, 0.5) is 0 Å². The molecular formula is C13H26N2. The quantitative estimate of drug-likeness (QED) is 0.747. The number of nitrogens with two attached hydrogens (primary N) is 1. The second-order valence-electron chi connectivity index (χ2n) is 5.53. The monoisotopic (exact) mass is 210 g/mol. The van der Waals surface area contributed by atoms with Crippen molar-refractivity contribution in [2.24, 2.45) is 17.6 Å². The van der Waals surface area contributed by atoms with Crippen molar-refractivity contribution in [3.8, 4) is 0 Å². The molecule has 0 aromatic rings. The van der Waals surface area contributed by atoms with Crippen LogP contribution in [-0.2, 0) is 0 Å². The standard InChI is InChI=1S/C13H26N2/c1-10(11-5-2-3-6-11)15-13-8-4-7-12(13)9-14/h10-13,15H,2-9,14H2,1H3. The third kappa shape index (κ3) is 2.73. The van der Waals surface area contributed by atoms with Gasteiger partial charge in [0.15, 0.2) is 0 Å². The maximum absolute atomic E-state index is 5.81. The normalized spacial score (nSPS) is 34.8. The number of nitrogens with one attached hydrogen (secondary N) is 1. The molecule has 3 atom stereocenters. The molecule has 2 aliphatic rings. The predicted molar refractivity (Wildman–Crippen MR) is 64.7 cm³/mol. The highest BCUT2D eigenvalue weighted by molar-refractivity contribution is 4.88. The SMILES string of the molecule is CC(NC1CCCC1CN)C1CCCC1. The smallest absolute Gasteiger partial charge is 0.0110 e. The van der Waals surface area contributed by atoms with E-state index in [0.29, 0.717) is 12.1 Å². The summed E-state index contributed by atoms with van der Waals surface area (Å²) < 4.78 is 0. The maximum atomic E-state index is 5.81. The van der Waals surface area contributed by atoms with Gasteiger partial charge >= 0.3 is 0 Å². The second kappa shape index (κ2) is 5.31. The zero-order valence-corrected chi connectivity index (χ0v) is 10.0. The largest absolute Gasteiger partial charge is 0.330 e. The summed E-state index contributed by atoms with van der Waals surface area (Å²) in [6, 6.07) is 1.43. The first-order valence-corrected chi connectivity index (χ1v) is 6.77. The molecule has 0 amide bonds. The molecule has 2 aliphatic carbocycles. The van der Waals surface area contributed by atoms with Gasteiger partial charge in [0.05, 0.1) is 0 Å². The van der Waals surface area contributed by atoms with E-state index in [1.54, 1.807) is 0 Å². The Hall–Kier alpha value is -0.0800. The van der Waals surface area contributed by atoms with E-state index in [2.05, 4.69) is 12.2 Å². The molecule has 2 saturated carbocycles. The fourth-order valence-corrected chi connectivity index (χ4v) is 3.47. The number of rotatable bonds is 4. The minimum Gasteiger partial charge on any atom is -0.330 e. The molecule has 2 heteroatoms. The first kappa shape index (κ1) is 11.4. The summed E-state index contributed by atoms with van der Waals surface area (Å²) in [6.07, 6.45) is 9.83. The minimum atomic E-state index is 0.713. The van der Waals surface area contributed by atoms with Crippen LogP contribution in [0.25, 0.3) is 0 Å². The van der Waals surface area contributed by atoms with Crippen LogP contribution in [0.15, 0.2) is 0 Å². The Kier molecular flexibility index (Phi) is 4.04. The fourth-order valence-electron chi connectivity index (χ4n) is 3.47. The van der Waals surface area contributed by atoms with Gasteiger partial charge in [-0.1, -0.05) is 19.3 Å². The highest BCUT2D eigenvalue weighted by Crippen LogP contribution is 2.30. The lowest BCUT2D eigenvalue weighted by molar-refractivity contribution is 0.305.